The summed E-state index contributed by atoms with van der Waals surface area (Å²) in [5, 5.41) is 2.92. The van der Waals surface area contributed by atoms with E-state index in [1.165, 1.54) is 55.8 Å². The number of benzene rings is 2. The van der Waals surface area contributed by atoms with Crippen LogP contribution in [0, 0.1) is 13.8 Å². The van der Waals surface area contributed by atoms with Gasteiger partial charge in [0.2, 0.25) is 0 Å². The number of carbonyl (C=O) groups excluding carboxylic acids is 4. The highest BCUT2D eigenvalue weighted by Crippen LogP contribution is 2.39. The first-order valence-electron chi connectivity index (χ1n) is 17.1. The second-order valence-corrected chi connectivity index (χ2v) is 14.5. The van der Waals surface area contributed by atoms with Crippen LogP contribution in [0.25, 0.3) is 10.8 Å². The lowest BCUT2D eigenvalue weighted by Gasteiger charge is -2.42. The number of H-pyrrole nitrogens is 2. The zero-order chi connectivity index (χ0) is 37.9. The third-order valence-electron chi connectivity index (χ3n) is 10.0. The lowest BCUT2D eigenvalue weighted by Crippen LogP contribution is -2.62. The fourth-order valence-electron chi connectivity index (χ4n) is 7.16. The molecular formula is C36H42N8O8+2. The minimum atomic E-state index is -0.547. The molecule has 0 fully saturated rings. The summed E-state index contributed by atoms with van der Waals surface area (Å²) in [7, 11) is 6.96. The molecule has 52 heavy (non-hydrogen) atoms. The van der Waals surface area contributed by atoms with Gasteiger partial charge in [0.15, 0.2) is 0 Å². The van der Waals surface area contributed by atoms with Gasteiger partial charge in [-0.2, -0.15) is 0 Å². The molecule has 0 radical (unpaired) electrons. The van der Waals surface area contributed by atoms with E-state index in [0.29, 0.717) is 63.0 Å². The van der Waals surface area contributed by atoms with Crippen LogP contribution in [0.1, 0.15) is 78.2 Å². The molecule has 16 heteroatoms. The zero-order valence-corrected chi connectivity index (χ0v) is 30.1. The number of amides is 4. The van der Waals surface area contributed by atoms with Crippen LogP contribution < -0.4 is 22.5 Å². The Balaban J connectivity index is 1.19. The first-order chi connectivity index (χ1) is 24.4. The molecule has 4 heterocycles. The average molecular weight is 715 g/mol. The Hall–Kier alpha value is -5.74. The number of nitrogens with zero attached hydrogens (tertiary/aromatic N) is 6. The van der Waals surface area contributed by atoms with Crippen LogP contribution in [0.5, 0.6) is 0 Å². The van der Waals surface area contributed by atoms with E-state index in [4.69, 9.17) is 0 Å². The molecule has 272 valence electrons. The van der Waals surface area contributed by atoms with E-state index < -0.39 is 46.1 Å². The number of rotatable bonds is 12. The average Bonchev–Trinajstić information content (AvgIpc) is 3.07. The molecule has 16 nitrogen and oxygen atoms in total. The molecule has 4 amide bonds. The van der Waals surface area contributed by atoms with Gasteiger partial charge in [0.25, 0.3) is 11.1 Å². The Labute approximate surface area is 297 Å². The Bertz CT molecular complexity index is 2190. The molecule has 0 aliphatic carbocycles. The Kier molecular flexibility index (Phi) is 9.09. The fourth-order valence-corrected chi connectivity index (χ4v) is 7.16. The molecule has 2 aliphatic heterocycles. The van der Waals surface area contributed by atoms with Crippen LogP contribution in [-0.4, -0.2) is 103 Å². The van der Waals surface area contributed by atoms with Crippen molar-refractivity contribution in [2.24, 2.45) is 0 Å². The van der Waals surface area contributed by atoms with Gasteiger partial charge in [-0.1, -0.05) is 0 Å². The van der Waals surface area contributed by atoms with Crippen LogP contribution in [0.2, 0.25) is 0 Å². The molecular weight excluding hydrogens is 672 g/mol. The van der Waals surface area contributed by atoms with E-state index in [2.05, 4.69) is 9.97 Å². The lowest BCUT2D eigenvalue weighted by atomic mass is 9.86. The maximum Gasteiger partial charge on any atom is 0.328 e. The summed E-state index contributed by atoms with van der Waals surface area (Å²) < 4.78 is 2.65. The second kappa shape index (κ2) is 13.1. The smallest absolute Gasteiger partial charge is 0.300 e. The molecule has 2 aromatic heterocycles. The summed E-state index contributed by atoms with van der Waals surface area (Å²) in [5.41, 5.74) is -0.167. The summed E-state index contributed by atoms with van der Waals surface area (Å²) >= 11 is 0. The number of hydrogen-bond acceptors (Lipinski definition) is 8. The molecule has 0 spiro atoms. The van der Waals surface area contributed by atoms with Crippen molar-refractivity contribution in [1.82, 2.24) is 29.1 Å². The SMILES string of the molecule is Cc1cn(CCCC[N+](C)(C)N2C(=O)c3ccc4c5c(ccc(c35)C2=O)C(=O)N([N+](C)(C)CCCCn2cc(C)c(=O)[nH]c2=O)C4=O)c(=O)[nH]c1=O. The highest BCUT2D eigenvalue weighted by molar-refractivity contribution is 6.32. The number of imide groups is 2. The third kappa shape index (κ3) is 6.13. The first kappa shape index (κ1) is 36.1. The quantitative estimate of drug-likeness (QED) is 0.125. The molecule has 4 aromatic rings. The number of hydrogen-bond donors (Lipinski definition) is 2. The van der Waals surface area contributed by atoms with Gasteiger partial charge in [0.05, 0.1) is 50.4 Å². The van der Waals surface area contributed by atoms with Crippen molar-refractivity contribution < 1.29 is 28.4 Å². The number of nitrogens with one attached hydrogen (secondary N) is 2. The van der Waals surface area contributed by atoms with Gasteiger partial charge in [-0.05, 0) is 51.0 Å². The summed E-state index contributed by atoms with van der Waals surface area (Å²) in [6, 6.07) is 6.14. The molecule has 2 aromatic carbocycles. The lowest BCUT2D eigenvalue weighted by molar-refractivity contribution is -0.977. The van der Waals surface area contributed by atoms with E-state index in [-0.39, 0.29) is 42.2 Å². The largest absolute Gasteiger partial charge is 0.328 e. The van der Waals surface area contributed by atoms with Crippen molar-refractivity contribution in [1.29, 1.82) is 0 Å². The molecule has 0 saturated carbocycles. The van der Waals surface area contributed by atoms with E-state index in [1.807, 2.05) is 0 Å². The fraction of sp³-hybridized carbons (Fsp3) is 0.389. The summed E-state index contributed by atoms with van der Waals surface area (Å²) in [6.45, 7) is 4.68. The zero-order valence-electron chi connectivity index (χ0n) is 30.1. The normalized spacial score (nSPS) is 14.6. The predicted octanol–water partition coefficient (Wildman–Crippen LogP) is 1.29. The van der Waals surface area contributed by atoms with E-state index in [9.17, 15) is 38.4 Å². The summed E-state index contributed by atoms with van der Waals surface area (Å²) in [5.74, 6) is -2.19. The van der Waals surface area contributed by atoms with E-state index >= 15 is 0 Å². The maximum atomic E-state index is 14.0. The van der Waals surface area contributed by atoms with Gasteiger partial charge in [-0.15, -0.1) is 10.0 Å². The monoisotopic (exact) mass is 714 g/mol. The minimum absolute atomic E-state index is 0.102. The van der Waals surface area contributed by atoms with Crippen molar-refractivity contribution in [3.05, 3.63) is 112 Å². The highest BCUT2D eigenvalue weighted by Gasteiger charge is 2.48. The molecule has 6 rings (SSSR count). The Morgan fingerprint density at radius 3 is 1.12 bits per heavy atom. The van der Waals surface area contributed by atoms with Gasteiger partial charge in [0, 0.05) is 60.2 Å². The number of aryl methyl sites for hydroxylation is 4. The minimum Gasteiger partial charge on any atom is -0.300 e. The summed E-state index contributed by atoms with van der Waals surface area (Å²) in [4.78, 5) is 108. The summed E-state index contributed by atoms with van der Waals surface area (Å²) in [6.07, 6.45) is 5.21. The molecule has 0 unspecified atom stereocenters. The van der Waals surface area contributed by atoms with Crippen molar-refractivity contribution in [2.75, 3.05) is 41.3 Å². The molecule has 0 saturated heterocycles. The van der Waals surface area contributed by atoms with Gasteiger partial charge in [0.1, 0.15) is 13.1 Å². The van der Waals surface area contributed by atoms with Gasteiger partial charge in [-0.3, -0.25) is 38.7 Å². The second-order valence-electron chi connectivity index (χ2n) is 14.5. The highest BCUT2D eigenvalue weighted by atomic mass is 16.2. The first-order valence-corrected chi connectivity index (χ1v) is 17.1. The number of unbranched alkanes of at least 4 members (excludes halogenated alkanes) is 2. The topological polar surface area (TPSA) is 184 Å². The van der Waals surface area contributed by atoms with Crippen LogP contribution in [-0.2, 0) is 13.1 Å². The third-order valence-corrected chi connectivity index (χ3v) is 10.0. The predicted molar refractivity (Wildman–Crippen MR) is 189 cm³/mol. The van der Waals surface area contributed by atoms with Crippen molar-refractivity contribution >= 4 is 34.4 Å². The Morgan fingerprint density at radius 2 is 0.808 bits per heavy atom. The van der Waals surface area contributed by atoms with Crippen LogP contribution in [0.15, 0.2) is 55.8 Å². The van der Waals surface area contributed by atoms with Gasteiger partial charge >= 0.3 is 35.0 Å². The molecule has 2 aliphatic rings. The molecule has 2 N–H and O–H groups in total. The van der Waals surface area contributed by atoms with E-state index in [0.717, 1.165) is 0 Å². The van der Waals surface area contributed by atoms with Crippen LogP contribution >= 0.6 is 0 Å². The van der Waals surface area contributed by atoms with Crippen LogP contribution in [0.4, 0.5) is 0 Å². The number of quaternary nitrogens is 2. The number of aromatic nitrogens is 4. The standard InChI is InChI=1S/C36H40N8O8/c1-21-19-39(35(51)37-29(21)45)15-7-9-17-43(3,4)41-31(47)23-11-13-25-28-26(14-12-24(27(23)28)32(41)48)34(50)42(33(25)49)44(5,6)18-10-8-16-40-20-22(2)30(46)38-36(40)52/h11-14,19-20H,7-10,15-18H2,1-6H3/p+2. The van der Waals surface area contributed by atoms with Crippen molar-refractivity contribution in [3.8, 4) is 0 Å². The number of aromatic amines is 2. The maximum absolute atomic E-state index is 14.0. The van der Waals surface area contributed by atoms with E-state index in [1.54, 1.807) is 42.0 Å². The Morgan fingerprint density at radius 1 is 0.500 bits per heavy atom. The van der Waals surface area contributed by atoms with Gasteiger partial charge in [-0.25, -0.2) is 18.8 Å². The molecule has 0 atom stereocenters. The molecule has 0 bridgehead atoms. The van der Waals surface area contributed by atoms with Crippen molar-refractivity contribution in [2.45, 2.75) is 52.6 Å². The van der Waals surface area contributed by atoms with Gasteiger partial charge < -0.3 is 9.13 Å². The van der Waals surface area contributed by atoms with Crippen molar-refractivity contribution in [3.63, 3.8) is 0 Å². The van der Waals surface area contributed by atoms with Crippen LogP contribution in [0.3, 0.4) is 0 Å². The number of carbonyl (C=O) groups is 4.